The summed E-state index contributed by atoms with van der Waals surface area (Å²) in [4.78, 5) is 28.4. The molecule has 4 rings (SSSR count). The number of phenolic OH excluding ortho intramolecular Hbond substituents is 2. The SMILES string of the molecule is O=C([O-])/C=C/c1cccc(O)c1.O=C([O-])/C=C/c1cccc(O)c1.[Cd+2].[OH3+].c1ccc(-c2ccccn2)nc1. The van der Waals surface area contributed by atoms with E-state index in [1.54, 1.807) is 36.7 Å². The molecule has 2 aromatic carbocycles. The van der Waals surface area contributed by atoms with Crippen LogP contribution in [0, 0.1) is 0 Å². The fourth-order valence-electron chi connectivity index (χ4n) is 2.61. The van der Waals surface area contributed by atoms with Crippen molar-refractivity contribution in [3.05, 3.63) is 121 Å². The fraction of sp³-hybridized carbons (Fsp3) is 0. The maximum atomic E-state index is 10.00. The van der Waals surface area contributed by atoms with Gasteiger partial charge in [0.05, 0.1) is 23.3 Å². The van der Waals surface area contributed by atoms with Gasteiger partial charge < -0.3 is 35.5 Å². The quantitative estimate of drug-likeness (QED) is 0.193. The zero-order chi connectivity index (χ0) is 26.2. The van der Waals surface area contributed by atoms with Gasteiger partial charge in [0.25, 0.3) is 0 Å². The number of aromatic hydroxyl groups is 2. The summed E-state index contributed by atoms with van der Waals surface area (Å²) in [7, 11) is 0. The summed E-state index contributed by atoms with van der Waals surface area (Å²) in [5.74, 6) is -2.29. The molecule has 0 bridgehead atoms. The Morgan fingerprint density at radius 2 is 1.03 bits per heavy atom. The molecule has 0 aliphatic carbocycles. The third-order valence-corrected chi connectivity index (χ3v) is 4.16. The van der Waals surface area contributed by atoms with Crippen molar-refractivity contribution in [2.45, 2.75) is 0 Å². The molecule has 2 aromatic heterocycles. The molecule has 5 N–H and O–H groups in total. The molecule has 0 saturated heterocycles. The van der Waals surface area contributed by atoms with Gasteiger partial charge in [-0.25, -0.2) is 0 Å². The van der Waals surface area contributed by atoms with Crippen molar-refractivity contribution < 1.29 is 62.8 Å². The Morgan fingerprint density at radius 3 is 1.32 bits per heavy atom. The molecule has 0 atom stereocenters. The van der Waals surface area contributed by atoms with Crippen molar-refractivity contribution in [3.8, 4) is 22.9 Å². The summed E-state index contributed by atoms with van der Waals surface area (Å²) in [6.07, 6.45) is 8.07. The Kier molecular flexibility index (Phi) is 16.7. The Balaban J connectivity index is 0.000000527. The van der Waals surface area contributed by atoms with E-state index in [1.807, 2.05) is 36.4 Å². The molecule has 0 aliphatic rings. The van der Waals surface area contributed by atoms with Gasteiger partial charge in [0.2, 0.25) is 0 Å². The Labute approximate surface area is 239 Å². The number of aliphatic carboxylic acids is 2. The van der Waals surface area contributed by atoms with Crippen LogP contribution in [-0.4, -0.2) is 32.1 Å². The van der Waals surface area contributed by atoms with Gasteiger partial charge in [-0.1, -0.05) is 48.6 Å². The van der Waals surface area contributed by atoms with E-state index >= 15 is 0 Å². The molecular formula is C28H25CdN2O7+. The van der Waals surface area contributed by atoms with Crippen LogP contribution in [0.25, 0.3) is 23.5 Å². The smallest absolute Gasteiger partial charge is 0.545 e. The number of carbonyl (C=O) groups excluding carboxylic acids is 2. The molecule has 0 fully saturated rings. The largest absolute Gasteiger partial charge is 2.00 e. The number of aromatic nitrogens is 2. The summed E-state index contributed by atoms with van der Waals surface area (Å²) in [5, 5.41) is 38.0. The third kappa shape index (κ3) is 14.3. The van der Waals surface area contributed by atoms with Gasteiger partial charge in [-0.3, -0.25) is 9.97 Å². The van der Waals surface area contributed by atoms with Crippen LogP contribution in [0.3, 0.4) is 0 Å². The molecule has 2 heterocycles. The van der Waals surface area contributed by atoms with Crippen LogP contribution in [0.2, 0.25) is 0 Å². The van der Waals surface area contributed by atoms with Gasteiger partial charge in [-0.15, -0.1) is 0 Å². The van der Waals surface area contributed by atoms with Gasteiger partial charge in [0.1, 0.15) is 11.5 Å². The van der Waals surface area contributed by atoms with Gasteiger partial charge >= 0.3 is 27.3 Å². The van der Waals surface area contributed by atoms with Gasteiger partial charge in [-0.05, 0) is 71.8 Å². The minimum Gasteiger partial charge on any atom is -0.545 e. The minimum absolute atomic E-state index is 0. The second-order valence-electron chi connectivity index (χ2n) is 6.92. The number of pyridine rings is 2. The number of nitrogens with zero attached hydrogens (tertiary/aromatic N) is 2. The van der Waals surface area contributed by atoms with Crippen LogP contribution in [0.15, 0.2) is 109 Å². The Morgan fingerprint density at radius 1 is 0.632 bits per heavy atom. The van der Waals surface area contributed by atoms with Crippen molar-refractivity contribution in [1.29, 1.82) is 0 Å². The van der Waals surface area contributed by atoms with Crippen LogP contribution in [-0.2, 0) is 42.4 Å². The van der Waals surface area contributed by atoms with E-state index in [-0.39, 0.29) is 44.3 Å². The first-order valence-corrected chi connectivity index (χ1v) is 10.5. The molecule has 0 spiro atoms. The molecule has 0 radical (unpaired) electrons. The van der Waals surface area contributed by atoms with Crippen molar-refractivity contribution in [2.24, 2.45) is 0 Å². The van der Waals surface area contributed by atoms with Crippen LogP contribution in [0.4, 0.5) is 0 Å². The molecule has 190 valence electrons. The van der Waals surface area contributed by atoms with Crippen LogP contribution >= 0.6 is 0 Å². The third-order valence-electron chi connectivity index (χ3n) is 4.16. The predicted molar refractivity (Wildman–Crippen MR) is 137 cm³/mol. The van der Waals surface area contributed by atoms with E-state index in [1.165, 1.54) is 36.4 Å². The maximum Gasteiger partial charge on any atom is 2.00 e. The van der Waals surface area contributed by atoms with Crippen LogP contribution in [0.5, 0.6) is 11.5 Å². The van der Waals surface area contributed by atoms with Crippen molar-refractivity contribution in [1.82, 2.24) is 9.97 Å². The number of rotatable bonds is 5. The fourth-order valence-corrected chi connectivity index (χ4v) is 2.61. The number of benzene rings is 2. The summed E-state index contributed by atoms with van der Waals surface area (Å²) in [6.45, 7) is 0. The average molecular weight is 614 g/mol. The molecule has 10 heteroatoms. The first kappa shape index (κ1) is 33.6. The number of carbonyl (C=O) groups is 2. The minimum atomic E-state index is -1.25. The molecule has 0 saturated carbocycles. The van der Waals surface area contributed by atoms with E-state index in [0.29, 0.717) is 11.1 Å². The molecular weight excluding hydrogens is 589 g/mol. The number of phenols is 2. The Bertz CT molecular complexity index is 1210. The molecule has 4 aromatic rings. The maximum absolute atomic E-state index is 10.00. The zero-order valence-electron chi connectivity index (χ0n) is 20.3. The second-order valence-corrected chi connectivity index (χ2v) is 6.92. The second kappa shape index (κ2) is 18.8. The monoisotopic (exact) mass is 615 g/mol. The van der Waals surface area contributed by atoms with E-state index in [4.69, 9.17) is 10.2 Å². The first-order chi connectivity index (χ1) is 17.3. The molecule has 38 heavy (non-hydrogen) atoms. The van der Waals surface area contributed by atoms with Crippen LogP contribution in [0.1, 0.15) is 11.1 Å². The van der Waals surface area contributed by atoms with E-state index < -0.39 is 11.9 Å². The van der Waals surface area contributed by atoms with Gasteiger partial charge in [-0.2, -0.15) is 0 Å². The number of carboxylic acid groups (broad SMARTS) is 2. The van der Waals surface area contributed by atoms with Gasteiger partial charge in [0.15, 0.2) is 0 Å². The predicted octanol–water partition coefficient (Wildman–Crippen LogP) is 1.53. The number of hydrogen-bond acceptors (Lipinski definition) is 8. The number of carboxylic acids is 2. The van der Waals surface area contributed by atoms with Crippen LogP contribution < -0.4 is 10.2 Å². The van der Waals surface area contributed by atoms with Crippen molar-refractivity contribution in [2.75, 3.05) is 0 Å². The normalized spacial score (nSPS) is 9.58. The van der Waals surface area contributed by atoms with E-state index in [0.717, 1.165) is 23.5 Å². The van der Waals surface area contributed by atoms with E-state index in [9.17, 15) is 19.8 Å². The zero-order valence-corrected chi connectivity index (χ0v) is 24.3. The average Bonchev–Trinajstić information content (AvgIpc) is 2.88. The summed E-state index contributed by atoms with van der Waals surface area (Å²) >= 11 is 0. The van der Waals surface area contributed by atoms with E-state index in [2.05, 4.69) is 9.97 Å². The number of hydrogen-bond donors (Lipinski definition) is 2. The molecule has 0 aliphatic heterocycles. The summed E-state index contributed by atoms with van der Waals surface area (Å²) in [5.41, 5.74) is 3.08. The standard InChI is InChI=1S/C10H8N2.2C9H8O3.Cd.H2O/c1-3-7-11-9(5-1)10-6-2-4-8-12-10;2*10-8-3-1-2-7(6-8)4-5-9(11)12;;/h1-8H;2*1-6,10H,(H,11,12);;1H2/q;;;+2;/p-1/b;2*5-4+;;. The summed E-state index contributed by atoms with van der Waals surface area (Å²) in [6, 6.07) is 24.1. The summed E-state index contributed by atoms with van der Waals surface area (Å²) < 4.78 is 0. The topological polar surface area (TPSA) is 180 Å². The first-order valence-electron chi connectivity index (χ1n) is 10.5. The van der Waals surface area contributed by atoms with Gasteiger partial charge in [0, 0.05) is 12.4 Å². The van der Waals surface area contributed by atoms with Crippen molar-refractivity contribution >= 4 is 24.1 Å². The molecule has 0 unspecified atom stereocenters. The molecule has 0 amide bonds. The van der Waals surface area contributed by atoms with Crippen molar-refractivity contribution in [3.63, 3.8) is 0 Å². The molecule has 9 nitrogen and oxygen atoms in total. The Hall–Kier alpha value is -4.36.